The van der Waals surface area contributed by atoms with Gasteiger partial charge in [-0.05, 0) is 49.2 Å². The van der Waals surface area contributed by atoms with Crippen LogP contribution in [-0.4, -0.2) is 72.2 Å². The molecule has 2 aromatic carbocycles. The highest BCUT2D eigenvalue weighted by molar-refractivity contribution is 6.43. The summed E-state index contributed by atoms with van der Waals surface area (Å²) >= 11 is 12.5. The summed E-state index contributed by atoms with van der Waals surface area (Å²) in [6, 6.07) is 13.4. The number of benzene rings is 2. The molecule has 10 heteroatoms. The Balaban J connectivity index is 1.11. The molecule has 1 saturated heterocycles. The van der Waals surface area contributed by atoms with Crippen molar-refractivity contribution in [3.8, 4) is 11.4 Å². The molecule has 0 aliphatic carbocycles. The molecule has 1 fully saturated rings. The van der Waals surface area contributed by atoms with Crippen LogP contribution in [0.25, 0.3) is 5.69 Å². The van der Waals surface area contributed by atoms with Gasteiger partial charge in [0.25, 0.3) is 0 Å². The monoisotopic (exact) mass is 516 g/mol. The van der Waals surface area contributed by atoms with Crippen LogP contribution in [0.3, 0.4) is 0 Å². The number of nitrogens with one attached hydrogen (secondary N) is 1. The van der Waals surface area contributed by atoms with Crippen molar-refractivity contribution in [1.82, 2.24) is 25.2 Å². The molecule has 0 bridgehead atoms. The average molecular weight is 517 g/mol. The van der Waals surface area contributed by atoms with E-state index in [2.05, 4.69) is 25.4 Å². The van der Waals surface area contributed by atoms with E-state index in [1.807, 2.05) is 42.6 Å². The molecule has 1 aromatic heterocycles. The van der Waals surface area contributed by atoms with Crippen LogP contribution in [0.1, 0.15) is 18.5 Å². The number of methoxy groups -OCH3 is 1. The van der Waals surface area contributed by atoms with Gasteiger partial charge in [0.05, 0.1) is 40.4 Å². The lowest BCUT2D eigenvalue weighted by molar-refractivity contribution is -0.121. The SMILES string of the molecule is COc1ccc(-n2cc(CCCC(=O)NCCN3CCN(c4cccc(Cl)c4Cl)CC3)nn2)cc1. The quantitative estimate of drug-likeness (QED) is 0.441. The van der Waals surface area contributed by atoms with E-state index in [4.69, 9.17) is 27.9 Å². The van der Waals surface area contributed by atoms with Crippen LogP contribution >= 0.6 is 23.2 Å². The summed E-state index contributed by atoms with van der Waals surface area (Å²) in [6.45, 7) is 5.07. The number of carbonyl (C=O) groups excluding carboxylic acids is 1. The predicted molar refractivity (Wildman–Crippen MR) is 139 cm³/mol. The highest BCUT2D eigenvalue weighted by Gasteiger charge is 2.19. The molecule has 1 N–H and O–H groups in total. The smallest absolute Gasteiger partial charge is 0.220 e. The number of piperazine rings is 1. The second-order valence-corrected chi connectivity index (χ2v) is 9.24. The predicted octanol–water partition coefficient (Wildman–Crippen LogP) is 3.84. The molecule has 3 aromatic rings. The molecule has 0 radical (unpaired) electrons. The Kier molecular flexibility index (Phi) is 8.84. The largest absolute Gasteiger partial charge is 0.497 e. The van der Waals surface area contributed by atoms with E-state index in [0.29, 0.717) is 29.4 Å². The number of hydrogen-bond acceptors (Lipinski definition) is 6. The van der Waals surface area contributed by atoms with E-state index in [1.54, 1.807) is 17.9 Å². The Morgan fingerprint density at radius 2 is 1.86 bits per heavy atom. The van der Waals surface area contributed by atoms with Gasteiger partial charge in [-0.25, -0.2) is 4.68 Å². The van der Waals surface area contributed by atoms with Gasteiger partial charge in [0.15, 0.2) is 0 Å². The molecule has 0 atom stereocenters. The van der Waals surface area contributed by atoms with Crippen molar-refractivity contribution in [1.29, 1.82) is 0 Å². The molecule has 4 rings (SSSR count). The Labute approximate surface area is 215 Å². The fraction of sp³-hybridized carbons (Fsp3) is 0.400. The summed E-state index contributed by atoms with van der Waals surface area (Å²) in [5.74, 6) is 0.863. The first-order chi connectivity index (χ1) is 17.0. The Hall–Kier alpha value is -2.81. The van der Waals surface area contributed by atoms with Crippen molar-refractivity contribution in [3.05, 3.63) is 64.4 Å². The first-order valence-electron chi connectivity index (χ1n) is 11.8. The molecule has 2 heterocycles. The highest BCUT2D eigenvalue weighted by Crippen LogP contribution is 2.32. The van der Waals surface area contributed by atoms with Gasteiger partial charge in [-0.15, -0.1) is 5.10 Å². The van der Waals surface area contributed by atoms with Gasteiger partial charge in [-0.3, -0.25) is 9.69 Å². The number of aromatic nitrogens is 3. The van der Waals surface area contributed by atoms with Crippen LogP contribution in [0.5, 0.6) is 5.75 Å². The highest BCUT2D eigenvalue weighted by atomic mass is 35.5. The van der Waals surface area contributed by atoms with E-state index in [1.165, 1.54) is 0 Å². The summed E-state index contributed by atoms with van der Waals surface area (Å²) in [5, 5.41) is 12.6. The normalized spacial score (nSPS) is 14.2. The molecular weight excluding hydrogens is 487 g/mol. The molecule has 1 amide bonds. The van der Waals surface area contributed by atoms with Gasteiger partial charge in [0.2, 0.25) is 5.91 Å². The van der Waals surface area contributed by atoms with Gasteiger partial charge in [0, 0.05) is 45.7 Å². The number of carbonyl (C=O) groups is 1. The van der Waals surface area contributed by atoms with Crippen LogP contribution in [0.2, 0.25) is 10.0 Å². The summed E-state index contributed by atoms with van der Waals surface area (Å²) in [6.07, 6.45) is 3.80. The topological polar surface area (TPSA) is 75.5 Å². The Morgan fingerprint density at radius 3 is 2.60 bits per heavy atom. The Morgan fingerprint density at radius 1 is 1.09 bits per heavy atom. The van der Waals surface area contributed by atoms with Crippen molar-refractivity contribution in [3.63, 3.8) is 0 Å². The fourth-order valence-electron chi connectivity index (χ4n) is 4.10. The fourth-order valence-corrected chi connectivity index (χ4v) is 4.51. The van der Waals surface area contributed by atoms with Gasteiger partial charge in [-0.2, -0.15) is 0 Å². The third-order valence-electron chi connectivity index (χ3n) is 6.11. The number of halogens is 2. The van der Waals surface area contributed by atoms with Crippen molar-refractivity contribution in [2.75, 3.05) is 51.3 Å². The molecule has 35 heavy (non-hydrogen) atoms. The second kappa shape index (κ2) is 12.2. The number of anilines is 1. The number of amides is 1. The number of ether oxygens (including phenoxy) is 1. The van der Waals surface area contributed by atoms with Gasteiger partial charge in [0.1, 0.15) is 5.75 Å². The molecule has 1 aliphatic heterocycles. The van der Waals surface area contributed by atoms with E-state index in [-0.39, 0.29) is 5.91 Å². The average Bonchev–Trinajstić information content (AvgIpc) is 3.35. The van der Waals surface area contributed by atoms with Gasteiger partial charge in [-0.1, -0.05) is 34.5 Å². The Bertz CT molecular complexity index is 1110. The van der Waals surface area contributed by atoms with Gasteiger partial charge < -0.3 is 15.0 Å². The maximum Gasteiger partial charge on any atom is 0.220 e. The van der Waals surface area contributed by atoms with Crippen LogP contribution in [0, 0.1) is 0 Å². The zero-order chi connectivity index (χ0) is 24.6. The van der Waals surface area contributed by atoms with Crippen LogP contribution < -0.4 is 15.0 Å². The summed E-state index contributed by atoms with van der Waals surface area (Å²) < 4.78 is 6.91. The summed E-state index contributed by atoms with van der Waals surface area (Å²) in [5.41, 5.74) is 2.77. The maximum absolute atomic E-state index is 12.3. The lowest BCUT2D eigenvalue weighted by atomic mass is 10.2. The van der Waals surface area contributed by atoms with Crippen molar-refractivity contribution < 1.29 is 9.53 Å². The number of rotatable bonds is 10. The van der Waals surface area contributed by atoms with Crippen LogP contribution in [-0.2, 0) is 11.2 Å². The third kappa shape index (κ3) is 6.87. The number of hydrogen-bond donors (Lipinski definition) is 1. The van der Waals surface area contributed by atoms with E-state index >= 15 is 0 Å². The number of aryl methyl sites for hydroxylation is 1. The minimum atomic E-state index is 0.0666. The van der Waals surface area contributed by atoms with E-state index < -0.39 is 0 Å². The zero-order valence-corrected chi connectivity index (χ0v) is 21.3. The number of nitrogens with zero attached hydrogens (tertiary/aromatic N) is 5. The van der Waals surface area contributed by atoms with E-state index in [0.717, 1.165) is 62.0 Å². The minimum Gasteiger partial charge on any atom is -0.497 e. The summed E-state index contributed by atoms with van der Waals surface area (Å²) in [7, 11) is 1.64. The van der Waals surface area contributed by atoms with Crippen molar-refractivity contribution in [2.24, 2.45) is 0 Å². The molecule has 0 spiro atoms. The lowest BCUT2D eigenvalue weighted by Crippen LogP contribution is -2.48. The van der Waals surface area contributed by atoms with Crippen molar-refractivity contribution >= 4 is 34.8 Å². The summed E-state index contributed by atoms with van der Waals surface area (Å²) in [4.78, 5) is 16.9. The molecule has 186 valence electrons. The molecular formula is C25H30Cl2N6O2. The van der Waals surface area contributed by atoms with E-state index in [9.17, 15) is 4.79 Å². The van der Waals surface area contributed by atoms with Crippen LogP contribution in [0.15, 0.2) is 48.7 Å². The first-order valence-corrected chi connectivity index (χ1v) is 12.5. The molecule has 0 saturated carbocycles. The maximum atomic E-state index is 12.3. The van der Waals surface area contributed by atoms with Gasteiger partial charge >= 0.3 is 0 Å². The van der Waals surface area contributed by atoms with Crippen molar-refractivity contribution in [2.45, 2.75) is 19.3 Å². The molecule has 0 unspecified atom stereocenters. The first kappa shape index (κ1) is 25.3. The zero-order valence-electron chi connectivity index (χ0n) is 19.8. The van der Waals surface area contributed by atoms with Crippen LogP contribution in [0.4, 0.5) is 5.69 Å². The molecule has 8 nitrogen and oxygen atoms in total. The standard InChI is InChI=1S/C25H30Cl2N6O2/c1-35-21-10-8-20(9-11-21)33-18-19(29-30-33)4-2-7-24(34)28-12-13-31-14-16-32(17-15-31)23-6-3-5-22(26)25(23)27/h3,5-6,8-11,18H,2,4,7,12-17H2,1H3,(H,28,34). The minimum absolute atomic E-state index is 0.0666. The molecule has 1 aliphatic rings. The lowest BCUT2D eigenvalue weighted by Gasteiger charge is -2.36. The third-order valence-corrected chi connectivity index (χ3v) is 6.92. The second-order valence-electron chi connectivity index (χ2n) is 8.46.